The molecule has 0 bridgehead atoms. The molecule has 0 fully saturated rings. The average molecular weight is 331 g/mol. The maximum Gasteiger partial charge on any atom is 0.406 e. The van der Waals surface area contributed by atoms with Gasteiger partial charge in [0.1, 0.15) is 17.2 Å². The van der Waals surface area contributed by atoms with Crippen molar-refractivity contribution >= 4 is 0 Å². The molecule has 0 heterocycles. The Kier molecular flexibility index (Phi) is 5.18. The van der Waals surface area contributed by atoms with Crippen molar-refractivity contribution in [1.29, 1.82) is 5.26 Å². The number of hydrogen-bond donors (Lipinski definition) is 0. The van der Waals surface area contributed by atoms with Gasteiger partial charge in [-0.25, -0.2) is 0 Å². The normalized spacial score (nSPS) is 11.2. The Morgan fingerprint density at radius 1 is 0.680 bits per heavy atom. The van der Waals surface area contributed by atoms with Gasteiger partial charge in [0.05, 0.1) is 11.6 Å². The molecule has 0 N–H and O–H groups in total. The van der Waals surface area contributed by atoms with Gasteiger partial charge in [-0.1, -0.05) is 35.9 Å². The number of ether oxygens (including phenoxy) is 3. The topological polar surface area (TPSA) is 51.5 Å². The molecule has 1 atom stereocenters. The zero-order valence-electron chi connectivity index (χ0n) is 13.8. The largest absolute Gasteiger partial charge is 0.423 e. The zero-order valence-corrected chi connectivity index (χ0v) is 13.8. The monoisotopic (exact) mass is 331 g/mol. The van der Waals surface area contributed by atoms with Crippen molar-refractivity contribution in [3.8, 4) is 23.3 Å². The lowest BCUT2D eigenvalue weighted by Crippen LogP contribution is -2.30. The summed E-state index contributed by atoms with van der Waals surface area (Å²) in [6, 6.07) is 25.8. The van der Waals surface area contributed by atoms with E-state index in [1.807, 2.05) is 61.5 Å². The molecule has 25 heavy (non-hydrogen) atoms. The Balaban J connectivity index is 1.77. The lowest BCUT2D eigenvalue weighted by Gasteiger charge is -2.21. The van der Waals surface area contributed by atoms with E-state index in [-0.39, 0.29) is 0 Å². The molecule has 4 nitrogen and oxygen atoms in total. The van der Waals surface area contributed by atoms with Gasteiger partial charge in [-0.15, -0.1) is 0 Å². The lowest BCUT2D eigenvalue weighted by molar-refractivity contribution is -0.140. The first kappa shape index (κ1) is 16.4. The van der Waals surface area contributed by atoms with Crippen LogP contribution >= 0.6 is 0 Å². The third-order valence-corrected chi connectivity index (χ3v) is 3.44. The molecule has 0 aliphatic rings. The number of benzene rings is 3. The van der Waals surface area contributed by atoms with E-state index >= 15 is 0 Å². The molecule has 3 aromatic rings. The van der Waals surface area contributed by atoms with E-state index < -0.39 is 6.48 Å². The van der Waals surface area contributed by atoms with Crippen LogP contribution < -0.4 is 14.2 Å². The van der Waals surface area contributed by atoms with E-state index in [2.05, 4.69) is 6.07 Å². The van der Waals surface area contributed by atoms with Crippen LogP contribution in [0.3, 0.4) is 0 Å². The Bertz CT molecular complexity index is 837. The molecule has 124 valence electrons. The van der Waals surface area contributed by atoms with Gasteiger partial charge >= 0.3 is 6.48 Å². The van der Waals surface area contributed by atoms with Crippen LogP contribution in [0.1, 0.15) is 11.1 Å². The summed E-state index contributed by atoms with van der Waals surface area (Å²) in [5.74, 6) is 1.82. The Hall–Kier alpha value is -3.45. The summed E-state index contributed by atoms with van der Waals surface area (Å²) in [7, 11) is 0. The standard InChI is InChI=1S/C21H17NO3/c1-16-7-11-19(12-8-16)24-21(23-18-5-3-2-4-6-18)25-20-13-9-17(15-22)10-14-20/h2-14,21H,1H3. The minimum atomic E-state index is -0.960. The molecular weight excluding hydrogens is 314 g/mol. The summed E-state index contributed by atoms with van der Waals surface area (Å²) in [4.78, 5) is 0. The highest BCUT2D eigenvalue weighted by atomic mass is 16.8. The molecule has 0 spiro atoms. The number of rotatable bonds is 6. The summed E-state index contributed by atoms with van der Waals surface area (Å²) in [6.45, 7) is 1.05. The minimum Gasteiger partial charge on any atom is -0.423 e. The Morgan fingerprint density at radius 3 is 1.68 bits per heavy atom. The molecule has 0 aliphatic heterocycles. The van der Waals surface area contributed by atoms with Gasteiger partial charge in [-0.2, -0.15) is 5.26 Å². The van der Waals surface area contributed by atoms with Gasteiger partial charge in [-0.3, -0.25) is 0 Å². The third-order valence-electron chi connectivity index (χ3n) is 3.44. The quantitative estimate of drug-likeness (QED) is 0.615. The van der Waals surface area contributed by atoms with Crippen molar-refractivity contribution < 1.29 is 14.2 Å². The van der Waals surface area contributed by atoms with Crippen molar-refractivity contribution in [1.82, 2.24) is 0 Å². The van der Waals surface area contributed by atoms with E-state index in [1.54, 1.807) is 24.3 Å². The molecule has 0 saturated carbocycles. The van der Waals surface area contributed by atoms with E-state index in [4.69, 9.17) is 19.5 Å². The van der Waals surface area contributed by atoms with E-state index in [9.17, 15) is 0 Å². The first-order chi connectivity index (χ1) is 12.2. The fourth-order valence-electron chi connectivity index (χ4n) is 2.13. The molecule has 0 radical (unpaired) electrons. The summed E-state index contributed by atoms with van der Waals surface area (Å²) >= 11 is 0. The first-order valence-electron chi connectivity index (χ1n) is 7.85. The number of aryl methyl sites for hydroxylation is 1. The smallest absolute Gasteiger partial charge is 0.406 e. The highest BCUT2D eigenvalue weighted by molar-refractivity contribution is 5.34. The van der Waals surface area contributed by atoms with E-state index in [0.29, 0.717) is 22.8 Å². The summed E-state index contributed by atoms with van der Waals surface area (Å²) in [5.41, 5.74) is 1.70. The summed E-state index contributed by atoms with van der Waals surface area (Å²) in [5, 5.41) is 8.88. The van der Waals surface area contributed by atoms with Crippen LogP contribution in [0.4, 0.5) is 0 Å². The Labute approximate surface area is 146 Å². The van der Waals surface area contributed by atoms with Crippen LogP contribution in [0.5, 0.6) is 17.2 Å². The van der Waals surface area contributed by atoms with Crippen molar-refractivity contribution in [2.45, 2.75) is 13.4 Å². The van der Waals surface area contributed by atoms with Gasteiger partial charge in [0.25, 0.3) is 0 Å². The highest BCUT2D eigenvalue weighted by Crippen LogP contribution is 2.20. The molecule has 0 aromatic heterocycles. The fourth-order valence-corrected chi connectivity index (χ4v) is 2.13. The maximum absolute atomic E-state index is 8.88. The van der Waals surface area contributed by atoms with Gasteiger partial charge in [0, 0.05) is 0 Å². The van der Waals surface area contributed by atoms with E-state index in [1.165, 1.54) is 0 Å². The molecule has 0 aliphatic carbocycles. The van der Waals surface area contributed by atoms with Crippen LogP contribution in [0, 0.1) is 18.3 Å². The second kappa shape index (κ2) is 7.89. The fraction of sp³-hybridized carbons (Fsp3) is 0.0952. The summed E-state index contributed by atoms with van der Waals surface area (Å²) in [6.07, 6.45) is 0. The molecule has 0 saturated heterocycles. The van der Waals surface area contributed by atoms with Crippen molar-refractivity contribution in [2.24, 2.45) is 0 Å². The SMILES string of the molecule is Cc1ccc(OC(Oc2ccccc2)Oc2ccc(C#N)cc2)cc1. The number of para-hydroxylation sites is 1. The highest BCUT2D eigenvalue weighted by Gasteiger charge is 2.15. The first-order valence-corrected chi connectivity index (χ1v) is 7.85. The lowest BCUT2D eigenvalue weighted by atomic mass is 10.2. The average Bonchev–Trinajstić information content (AvgIpc) is 2.65. The molecule has 1 unspecified atom stereocenters. The molecule has 0 amide bonds. The number of nitriles is 1. The predicted molar refractivity (Wildman–Crippen MR) is 94.5 cm³/mol. The van der Waals surface area contributed by atoms with Gasteiger partial charge in [-0.05, 0) is 55.5 Å². The van der Waals surface area contributed by atoms with Crippen LogP contribution in [0.2, 0.25) is 0 Å². The molecule has 3 rings (SSSR count). The number of hydrogen-bond acceptors (Lipinski definition) is 4. The van der Waals surface area contributed by atoms with Crippen molar-refractivity contribution in [2.75, 3.05) is 0 Å². The molecule has 3 aromatic carbocycles. The van der Waals surface area contributed by atoms with Gasteiger partial charge in [0.2, 0.25) is 0 Å². The van der Waals surface area contributed by atoms with E-state index in [0.717, 1.165) is 5.56 Å². The van der Waals surface area contributed by atoms with Crippen LogP contribution in [0.15, 0.2) is 78.9 Å². The van der Waals surface area contributed by atoms with Crippen LogP contribution in [-0.4, -0.2) is 6.48 Å². The Morgan fingerprint density at radius 2 is 1.16 bits per heavy atom. The van der Waals surface area contributed by atoms with Crippen LogP contribution in [0.25, 0.3) is 0 Å². The van der Waals surface area contributed by atoms with Gasteiger partial charge < -0.3 is 14.2 Å². The third kappa shape index (κ3) is 4.76. The summed E-state index contributed by atoms with van der Waals surface area (Å²) < 4.78 is 17.4. The molecule has 4 heteroatoms. The molecular formula is C21H17NO3. The second-order valence-corrected chi connectivity index (χ2v) is 5.40. The second-order valence-electron chi connectivity index (χ2n) is 5.40. The van der Waals surface area contributed by atoms with Gasteiger partial charge in [0.15, 0.2) is 0 Å². The zero-order chi connectivity index (χ0) is 17.5. The number of nitrogens with zero attached hydrogens (tertiary/aromatic N) is 1. The maximum atomic E-state index is 8.88. The van der Waals surface area contributed by atoms with Crippen LogP contribution in [-0.2, 0) is 0 Å². The minimum absolute atomic E-state index is 0.548. The van der Waals surface area contributed by atoms with Crippen molar-refractivity contribution in [3.63, 3.8) is 0 Å². The predicted octanol–water partition coefficient (Wildman–Crippen LogP) is 4.69. The van der Waals surface area contributed by atoms with Crippen molar-refractivity contribution in [3.05, 3.63) is 90.0 Å².